The van der Waals surface area contributed by atoms with Gasteiger partial charge in [0, 0.05) is 16.0 Å². The second-order valence-corrected chi connectivity index (χ2v) is 6.34. The van der Waals surface area contributed by atoms with Crippen molar-refractivity contribution in [3.8, 4) is 0 Å². The Morgan fingerprint density at radius 3 is 2.78 bits per heavy atom. The van der Waals surface area contributed by atoms with E-state index < -0.39 is 11.7 Å². The van der Waals surface area contributed by atoms with Gasteiger partial charge in [0.1, 0.15) is 10.8 Å². The van der Waals surface area contributed by atoms with E-state index in [1.807, 2.05) is 20.8 Å². The Balaban J connectivity index is 2.53. The molecule has 2 aromatic rings. The first-order chi connectivity index (χ1) is 8.29. The third kappa shape index (κ3) is 2.61. The summed E-state index contributed by atoms with van der Waals surface area (Å²) >= 11 is 8.15. The van der Waals surface area contributed by atoms with E-state index in [0.717, 1.165) is 8.96 Å². The van der Waals surface area contributed by atoms with Crippen LogP contribution in [-0.2, 0) is 4.74 Å². The van der Waals surface area contributed by atoms with Crippen LogP contribution < -0.4 is 0 Å². The number of ether oxygens (including phenoxy) is 1. The van der Waals surface area contributed by atoms with E-state index in [0.29, 0.717) is 10.7 Å². The predicted octanol–water partition coefficient (Wildman–Crippen LogP) is 4.08. The summed E-state index contributed by atoms with van der Waals surface area (Å²) in [6, 6.07) is 1.74. The number of carbonyl (C=O) groups excluding carboxylic acids is 1. The van der Waals surface area contributed by atoms with Crippen molar-refractivity contribution in [3.63, 3.8) is 0 Å². The molecule has 2 heterocycles. The monoisotopic (exact) mass is 378 g/mol. The smallest absolute Gasteiger partial charge is 0.419 e. The Labute approximate surface area is 123 Å². The maximum Gasteiger partial charge on any atom is 0.419 e. The van der Waals surface area contributed by atoms with Crippen LogP contribution in [0.5, 0.6) is 0 Å². The maximum absolute atomic E-state index is 12.1. The highest BCUT2D eigenvalue weighted by Crippen LogP contribution is 2.28. The molecule has 0 bridgehead atoms. The highest BCUT2D eigenvalue weighted by Gasteiger charge is 2.21. The van der Waals surface area contributed by atoms with Crippen LogP contribution in [-0.4, -0.2) is 21.2 Å². The molecule has 18 heavy (non-hydrogen) atoms. The van der Waals surface area contributed by atoms with Crippen molar-refractivity contribution in [1.29, 1.82) is 0 Å². The van der Waals surface area contributed by atoms with Crippen molar-refractivity contribution in [2.45, 2.75) is 26.4 Å². The van der Waals surface area contributed by atoms with Crippen molar-refractivity contribution in [2.24, 2.45) is 0 Å². The van der Waals surface area contributed by atoms with Gasteiger partial charge in [-0.25, -0.2) is 9.78 Å². The van der Waals surface area contributed by atoms with E-state index >= 15 is 0 Å². The molecule has 4 nitrogen and oxygen atoms in total. The zero-order valence-electron chi connectivity index (χ0n) is 10.2. The molecule has 0 radical (unpaired) electrons. The lowest BCUT2D eigenvalue weighted by molar-refractivity contribution is 0.0544. The van der Waals surface area contributed by atoms with Gasteiger partial charge in [-0.2, -0.15) is 0 Å². The molecular weight excluding hydrogens is 367 g/mol. The lowest BCUT2D eigenvalue weighted by Gasteiger charge is -2.19. The second kappa shape index (κ2) is 4.70. The number of aromatic nitrogens is 2. The van der Waals surface area contributed by atoms with Crippen LogP contribution >= 0.6 is 34.2 Å². The third-order valence-electron chi connectivity index (χ3n) is 2.21. The van der Waals surface area contributed by atoms with Crippen LogP contribution in [0.2, 0.25) is 5.15 Å². The van der Waals surface area contributed by atoms with Gasteiger partial charge in [-0.1, -0.05) is 11.6 Å². The number of fused-ring (bicyclic) bond motifs is 1. The Bertz CT molecular complexity index is 616. The molecule has 0 aliphatic heterocycles. The maximum atomic E-state index is 12.1. The number of pyridine rings is 1. The Kier molecular flexibility index (Phi) is 3.55. The summed E-state index contributed by atoms with van der Waals surface area (Å²) in [6.07, 6.45) is 2.85. The molecule has 2 aromatic heterocycles. The molecule has 96 valence electrons. The molecule has 0 aliphatic carbocycles. The number of halogens is 2. The summed E-state index contributed by atoms with van der Waals surface area (Å²) in [5.41, 5.74) is 0.171. The summed E-state index contributed by atoms with van der Waals surface area (Å²) in [4.78, 5) is 16.1. The van der Waals surface area contributed by atoms with E-state index in [4.69, 9.17) is 16.3 Å². The molecule has 0 aromatic carbocycles. The topological polar surface area (TPSA) is 44.1 Å². The Morgan fingerprint density at radius 1 is 1.50 bits per heavy atom. The third-order valence-corrected chi connectivity index (χ3v) is 3.32. The van der Waals surface area contributed by atoms with Gasteiger partial charge in [-0.15, -0.1) is 0 Å². The molecule has 0 saturated carbocycles. The molecule has 0 N–H and O–H groups in total. The highest BCUT2D eigenvalue weighted by atomic mass is 127. The number of carbonyl (C=O) groups is 1. The van der Waals surface area contributed by atoms with Crippen LogP contribution in [0.15, 0.2) is 18.5 Å². The molecule has 0 amide bonds. The summed E-state index contributed by atoms with van der Waals surface area (Å²) in [5, 5.41) is 1.16. The Morgan fingerprint density at radius 2 is 2.17 bits per heavy atom. The van der Waals surface area contributed by atoms with Gasteiger partial charge in [-0.05, 0) is 49.4 Å². The lowest BCUT2D eigenvalue weighted by Crippen LogP contribution is -2.26. The number of hydrogen-bond acceptors (Lipinski definition) is 3. The Hall–Kier alpha value is -0.820. The normalized spacial score (nSPS) is 11.8. The van der Waals surface area contributed by atoms with Crippen molar-refractivity contribution in [2.75, 3.05) is 0 Å². The predicted molar refractivity (Wildman–Crippen MR) is 79.1 cm³/mol. The highest BCUT2D eigenvalue weighted by molar-refractivity contribution is 14.1. The first-order valence-electron chi connectivity index (χ1n) is 5.34. The van der Waals surface area contributed by atoms with E-state index in [1.165, 1.54) is 4.57 Å². The number of rotatable bonds is 0. The lowest BCUT2D eigenvalue weighted by atomic mass is 10.2. The van der Waals surface area contributed by atoms with Gasteiger partial charge in [0.2, 0.25) is 0 Å². The van der Waals surface area contributed by atoms with Gasteiger partial charge in [0.25, 0.3) is 0 Å². The molecule has 6 heteroatoms. The first-order valence-corrected chi connectivity index (χ1v) is 6.79. The standard InChI is InChI=1S/C12H12ClIN2O2/c1-12(2,3)18-11(17)16-6-7(14)9-8(16)4-5-15-10(9)13/h4-6H,1-3H3. The van der Waals surface area contributed by atoms with E-state index in [2.05, 4.69) is 27.6 Å². The van der Waals surface area contributed by atoms with E-state index in [1.54, 1.807) is 18.5 Å². The molecule has 0 aliphatic rings. The fraction of sp³-hybridized carbons (Fsp3) is 0.333. The molecule has 0 fully saturated rings. The van der Waals surface area contributed by atoms with Crippen LogP contribution in [0.3, 0.4) is 0 Å². The minimum absolute atomic E-state index is 0.388. The molecule has 0 saturated heterocycles. The van der Waals surface area contributed by atoms with Gasteiger partial charge in [0.15, 0.2) is 0 Å². The van der Waals surface area contributed by atoms with Crippen molar-refractivity contribution in [1.82, 2.24) is 9.55 Å². The first kappa shape index (κ1) is 13.6. The second-order valence-electron chi connectivity index (χ2n) is 4.82. The van der Waals surface area contributed by atoms with Crippen molar-refractivity contribution < 1.29 is 9.53 Å². The van der Waals surface area contributed by atoms with Crippen LogP contribution in [0.25, 0.3) is 10.9 Å². The summed E-state index contributed by atoms with van der Waals surface area (Å²) in [7, 11) is 0. The minimum atomic E-state index is -0.532. The molecule has 0 unspecified atom stereocenters. The molecule has 2 rings (SSSR count). The largest absolute Gasteiger partial charge is 0.443 e. The minimum Gasteiger partial charge on any atom is -0.443 e. The van der Waals surface area contributed by atoms with Gasteiger partial charge >= 0.3 is 6.09 Å². The zero-order valence-corrected chi connectivity index (χ0v) is 13.1. The van der Waals surface area contributed by atoms with Gasteiger partial charge < -0.3 is 4.74 Å². The number of hydrogen-bond donors (Lipinski definition) is 0. The quantitative estimate of drug-likeness (QED) is 0.512. The average molecular weight is 379 g/mol. The van der Waals surface area contributed by atoms with Gasteiger partial charge in [0.05, 0.1) is 10.9 Å². The van der Waals surface area contributed by atoms with Crippen LogP contribution in [0.4, 0.5) is 4.79 Å². The van der Waals surface area contributed by atoms with E-state index in [-0.39, 0.29) is 0 Å². The molecular formula is C12H12ClIN2O2. The van der Waals surface area contributed by atoms with Crippen molar-refractivity contribution >= 4 is 51.2 Å². The molecule has 0 atom stereocenters. The van der Waals surface area contributed by atoms with Crippen LogP contribution in [0, 0.1) is 3.57 Å². The van der Waals surface area contributed by atoms with Gasteiger partial charge in [-0.3, -0.25) is 4.57 Å². The summed E-state index contributed by atoms with van der Waals surface area (Å²) < 4.78 is 7.66. The van der Waals surface area contributed by atoms with E-state index in [9.17, 15) is 4.79 Å². The summed E-state index contributed by atoms with van der Waals surface area (Å²) in [5.74, 6) is 0. The van der Waals surface area contributed by atoms with Crippen LogP contribution in [0.1, 0.15) is 20.8 Å². The SMILES string of the molecule is CC(C)(C)OC(=O)n1cc(I)c2c(Cl)nccc21. The zero-order chi connectivity index (χ0) is 13.5. The van der Waals surface area contributed by atoms with Crippen molar-refractivity contribution in [3.05, 3.63) is 27.2 Å². The number of nitrogens with zero attached hydrogens (tertiary/aromatic N) is 2. The summed E-state index contributed by atoms with van der Waals surface area (Å²) in [6.45, 7) is 5.49. The average Bonchev–Trinajstić information content (AvgIpc) is 2.55. The molecule has 0 spiro atoms. The fourth-order valence-electron chi connectivity index (χ4n) is 1.56. The fourth-order valence-corrected chi connectivity index (χ4v) is 2.78.